The molecule has 6 N–H and O–H groups in total. The van der Waals surface area contributed by atoms with Gasteiger partial charge in [-0.1, -0.05) is 54.6 Å². The van der Waals surface area contributed by atoms with Gasteiger partial charge in [-0.25, -0.2) is 31.3 Å². The van der Waals surface area contributed by atoms with Crippen LogP contribution in [0.1, 0.15) is 35.2 Å². The lowest BCUT2D eigenvalue weighted by molar-refractivity contribution is -0.138. The highest BCUT2D eigenvalue weighted by atomic mass is 32.2. The lowest BCUT2D eigenvalue weighted by atomic mass is 10.1. The third-order valence-corrected chi connectivity index (χ3v) is 13.7. The van der Waals surface area contributed by atoms with Gasteiger partial charge in [0.15, 0.2) is 0 Å². The first-order chi connectivity index (χ1) is 34.3. The summed E-state index contributed by atoms with van der Waals surface area (Å²) in [6.45, 7) is 3.76. The average molecular weight is 1020 g/mol. The quantitative estimate of drug-likeness (QED) is 0.0334. The zero-order valence-corrected chi connectivity index (χ0v) is 40.8. The van der Waals surface area contributed by atoms with E-state index >= 15 is 0 Å². The van der Waals surface area contributed by atoms with Crippen molar-refractivity contribution in [3.8, 4) is 11.1 Å². The fourth-order valence-corrected chi connectivity index (χ4v) is 9.16. The number of aliphatic carboxylic acids is 1. The van der Waals surface area contributed by atoms with Crippen LogP contribution in [0.25, 0.3) is 22.0 Å². The highest BCUT2D eigenvalue weighted by molar-refractivity contribution is 7.89. The lowest BCUT2D eigenvalue weighted by Gasteiger charge is -2.16. The number of carbonyl (C=O) groups excluding carboxylic acids is 2. The molecular formula is C48H59N9O12S2. The van der Waals surface area contributed by atoms with Gasteiger partial charge in [0.1, 0.15) is 12.6 Å². The number of alkyl carbamates (subject to hydrolysis) is 1. The number of sulfonamides is 2. The molecular weight excluding hydrogens is 959 g/mol. The first kappa shape index (κ1) is 53.6. The fraction of sp³-hybridized carbons (Fsp3) is 0.354. The molecule has 6 rings (SSSR count). The summed E-state index contributed by atoms with van der Waals surface area (Å²) in [5, 5.41) is 23.4. The number of rotatable bonds is 31. The zero-order chi connectivity index (χ0) is 50.5. The largest absolute Gasteiger partial charge is 0.480 e. The van der Waals surface area contributed by atoms with Crippen molar-refractivity contribution < 1.29 is 55.3 Å². The van der Waals surface area contributed by atoms with Gasteiger partial charge in [0.05, 0.1) is 47.9 Å². The Bertz CT molecular complexity index is 2860. The van der Waals surface area contributed by atoms with Crippen LogP contribution in [0, 0.1) is 0 Å². The smallest absolute Gasteiger partial charge is 0.407 e. The minimum Gasteiger partial charge on any atom is -0.480 e. The number of anilines is 1. The Morgan fingerprint density at radius 2 is 1.35 bits per heavy atom. The Morgan fingerprint density at radius 1 is 0.718 bits per heavy atom. The van der Waals surface area contributed by atoms with E-state index in [2.05, 4.69) is 35.5 Å². The van der Waals surface area contributed by atoms with Crippen LogP contribution in [0.5, 0.6) is 0 Å². The molecule has 0 aliphatic carbocycles. The number of benzene rings is 4. The summed E-state index contributed by atoms with van der Waals surface area (Å²) in [6.07, 6.45) is 6.54. The van der Waals surface area contributed by atoms with Gasteiger partial charge in [-0.05, 0) is 78.4 Å². The fourth-order valence-electron chi connectivity index (χ4n) is 6.90. The number of imidazole rings is 1. The summed E-state index contributed by atoms with van der Waals surface area (Å²) < 4.78 is 82.5. The molecule has 0 saturated heterocycles. The van der Waals surface area contributed by atoms with Gasteiger partial charge in [-0.2, -0.15) is 9.82 Å². The van der Waals surface area contributed by atoms with Gasteiger partial charge in [0, 0.05) is 76.3 Å². The highest BCUT2D eigenvalue weighted by Crippen LogP contribution is 2.24. The summed E-state index contributed by atoms with van der Waals surface area (Å²) in [5.74, 6) is -1.32. The normalized spacial score (nSPS) is 12.1. The molecule has 0 aliphatic heterocycles. The number of nitrogens with zero attached hydrogens (tertiary/aromatic N) is 4. The Labute approximate surface area is 412 Å². The maximum Gasteiger partial charge on any atom is 0.407 e. The van der Waals surface area contributed by atoms with E-state index in [0.717, 1.165) is 23.4 Å². The molecule has 0 saturated carbocycles. The number of amides is 2. The number of fused-ring (bicyclic) bond motifs is 1. The van der Waals surface area contributed by atoms with Gasteiger partial charge in [0.25, 0.3) is 5.91 Å². The summed E-state index contributed by atoms with van der Waals surface area (Å²) in [5.41, 5.74) is 3.17. The molecule has 0 fully saturated rings. The van der Waals surface area contributed by atoms with Gasteiger partial charge in [-0.3, -0.25) is 14.3 Å². The monoisotopic (exact) mass is 1020 g/mol. The van der Waals surface area contributed by atoms with Crippen molar-refractivity contribution in [1.82, 2.24) is 39.4 Å². The summed E-state index contributed by atoms with van der Waals surface area (Å²) in [7, 11) is -6.27. The SMILES string of the molecule is Cn1ccnc1NCCCn1ncc2cc(C(=O)NCC(NS(=O)(=O)c3ccc(-c4ccc(S(=O)(=O)NCCCOCCOCCOCCCNC(=O)OCc5ccccc5)cc4)cc3)C(=O)O)ccc21. The first-order valence-electron chi connectivity index (χ1n) is 22.9. The molecule has 0 radical (unpaired) electrons. The van der Waals surface area contributed by atoms with Gasteiger partial charge >= 0.3 is 12.1 Å². The molecule has 0 aliphatic rings. The topological polar surface area (TPSA) is 272 Å². The molecule has 71 heavy (non-hydrogen) atoms. The van der Waals surface area contributed by atoms with Crippen molar-refractivity contribution in [3.05, 3.63) is 127 Å². The van der Waals surface area contributed by atoms with Crippen molar-refractivity contribution in [2.24, 2.45) is 7.05 Å². The number of ether oxygens (including phenoxy) is 4. The van der Waals surface area contributed by atoms with Crippen molar-refractivity contribution in [1.29, 1.82) is 0 Å². The van der Waals surface area contributed by atoms with E-state index in [4.69, 9.17) is 18.9 Å². The second-order valence-corrected chi connectivity index (χ2v) is 19.5. The Balaban J connectivity index is 0.837. The summed E-state index contributed by atoms with van der Waals surface area (Å²) in [6, 6.07) is 24.4. The predicted molar refractivity (Wildman–Crippen MR) is 264 cm³/mol. The van der Waals surface area contributed by atoms with Crippen LogP contribution >= 0.6 is 0 Å². The maximum atomic E-state index is 13.3. The van der Waals surface area contributed by atoms with Crippen LogP contribution in [0.2, 0.25) is 0 Å². The standard InChI is InChI=1S/C48H59N9O12S2/c1-56-25-23-50-47(56)49-20-5-24-57-44-19-14-39(32-40(44)33-53-57)45(58)52-34-43(46(59)60)55-71(64,65)42-17-12-38(13-18-42)37-10-15-41(16-11-37)70(62,63)54-22-7-27-67-29-31-68-30-28-66-26-6-21-51-48(61)69-35-36-8-3-2-4-9-36/h2-4,8-19,23,25,32-33,43,54-55H,5-7,20-22,24,26-31,34-35H2,1H3,(H,49,50)(H,51,61)(H,52,58)(H,59,60). The summed E-state index contributed by atoms with van der Waals surface area (Å²) >= 11 is 0. The highest BCUT2D eigenvalue weighted by Gasteiger charge is 2.26. The number of aromatic nitrogens is 4. The van der Waals surface area contributed by atoms with Gasteiger partial charge < -0.3 is 44.6 Å². The van der Waals surface area contributed by atoms with Crippen LogP contribution in [0.3, 0.4) is 0 Å². The van der Waals surface area contributed by atoms with E-state index in [9.17, 15) is 36.3 Å². The molecule has 2 heterocycles. The van der Waals surface area contributed by atoms with E-state index in [1.54, 1.807) is 42.7 Å². The molecule has 21 nitrogen and oxygen atoms in total. The molecule has 2 amide bonds. The van der Waals surface area contributed by atoms with E-state index in [1.165, 1.54) is 36.4 Å². The number of aryl methyl sites for hydroxylation is 2. The van der Waals surface area contributed by atoms with Crippen LogP contribution in [-0.2, 0) is 64.0 Å². The van der Waals surface area contributed by atoms with Crippen LogP contribution in [0.15, 0.2) is 125 Å². The first-order valence-corrected chi connectivity index (χ1v) is 25.8. The number of carboxylic acid groups (broad SMARTS) is 1. The number of hydrogen-bond acceptors (Lipinski definition) is 14. The number of carboxylic acids is 1. The Hall–Kier alpha value is -6.73. The van der Waals surface area contributed by atoms with Crippen molar-refractivity contribution >= 4 is 54.9 Å². The number of nitrogens with one attached hydrogen (secondary N) is 5. The molecule has 2 aromatic heterocycles. The van der Waals surface area contributed by atoms with Gasteiger partial charge in [-0.15, -0.1) is 0 Å². The molecule has 6 aromatic rings. The maximum absolute atomic E-state index is 13.3. The molecule has 0 bridgehead atoms. The second kappa shape index (κ2) is 27.0. The van der Waals surface area contributed by atoms with Crippen LogP contribution < -0.4 is 25.4 Å². The third-order valence-electron chi connectivity index (χ3n) is 10.7. The zero-order valence-electron chi connectivity index (χ0n) is 39.2. The van der Waals surface area contributed by atoms with E-state index in [1.807, 2.05) is 52.8 Å². The molecule has 23 heteroatoms. The van der Waals surface area contributed by atoms with Crippen molar-refractivity contribution in [3.63, 3.8) is 0 Å². The molecule has 1 atom stereocenters. The van der Waals surface area contributed by atoms with E-state index < -0.39 is 50.6 Å². The third kappa shape index (κ3) is 17.0. The van der Waals surface area contributed by atoms with Crippen LogP contribution in [-0.4, -0.2) is 131 Å². The molecule has 380 valence electrons. The van der Waals surface area contributed by atoms with Crippen molar-refractivity contribution in [2.45, 2.75) is 48.2 Å². The minimum atomic E-state index is -4.35. The number of carbonyl (C=O) groups is 3. The predicted octanol–water partition coefficient (Wildman–Crippen LogP) is 4.14. The Kier molecular flexibility index (Phi) is 20.4. The number of hydrogen-bond donors (Lipinski definition) is 6. The second-order valence-electron chi connectivity index (χ2n) is 16.0. The summed E-state index contributed by atoms with van der Waals surface area (Å²) in [4.78, 5) is 41.0. The van der Waals surface area contributed by atoms with Crippen LogP contribution in [0.4, 0.5) is 10.7 Å². The van der Waals surface area contributed by atoms with Crippen molar-refractivity contribution in [2.75, 3.05) is 71.1 Å². The Morgan fingerprint density at radius 3 is 1.99 bits per heavy atom. The average Bonchev–Trinajstić information content (AvgIpc) is 3.99. The minimum absolute atomic E-state index is 0.0409. The van der Waals surface area contributed by atoms with E-state index in [0.29, 0.717) is 88.6 Å². The van der Waals surface area contributed by atoms with Gasteiger partial charge in [0.2, 0.25) is 26.0 Å². The lowest BCUT2D eigenvalue weighted by Crippen LogP contribution is -2.48. The van der Waals surface area contributed by atoms with E-state index in [-0.39, 0.29) is 28.5 Å². The molecule has 1 unspecified atom stereocenters. The molecule has 0 spiro atoms. The molecule has 4 aromatic carbocycles.